The fraction of sp³-hybridized carbons (Fsp3) is 0.357. The van der Waals surface area contributed by atoms with Crippen LogP contribution in [0.4, 0.5) is 0 Å². The van der Waals surface area contributed by atoms with Gasteiger partial charge in [-0.1, -0.05) is 11.6 Å². The molecule has 136 valence electrons. The molecule has 0 aliphatic carbocycles. The van der Waals surface area contributed by atoms with Gasteiger partial charge in [-0.25, -0.2) is 4.68 Å². The number of nitrogens with two attached hydrogens (primary N) is 1. The van der Waals surface area contributed by atoms with E-state index in [0.29, 0.717) is 28.5 Å². The van der Waals surface area contributed by atoms with E-state index in [9.17, 15) is 0 Å². The summed E-state index contributed by atoms with van der Waals surface area (Å²) in [4.78, 5) is 0. The van der Waals surface area contributed by atoms with Gasteiger partial charge in [0.15, 0.2) is 11.4 Å². The van der Waals surface area contributed by atoms with Gasteiger partial charge in [0.2, 0.25) is 4.77 Å². The molecule has 1 aromatic heterocycles. The molecule has 3 atom stereocenters. The fourth-order valence-corrected chi connectivity index (χ4v) is 3.40. The Hall–Kier alpha value is -1.92. The lowest BCUT2D eigenvalue weighted by molar-refractivity contribution is -0.0324. The molecular formula is C14H14ClN7O2S2. The molecule has 9 nitrogen and oxygen atoms in total. The molecule has 4 rings (SSSR count). The molecule has 1 aromatic carbocycles. The quantitative estimate of drug-likeness (QED) is 0.575. The maximum absolute atomic E-state index is 5.93. The van der Waals surface area contributed by atoms with Crippen molar-refractivity contribution >= 4 is 46.9 Å². The van der Waals surface area contributed by atoms with Gasteiger partial charge in [-0.05, 0) is 59.1 Å². The second-order valence-corrected chi connectivity index (χ2v) is 7.03. The first-order valence-corrected chi connectivity index (χ1v) is 8.92. The normalized spacial score (nSPS) is 26.2. The van der Waals surface area contributed by atoms with Gasteiger partial charge in [0.25, 0.3) is 0 Å². The second-order valence-electron chi connectivity index (χ2n) is 5.78. The van der Waals surface area contributed by atoms with Crippen molar-refractivity contribution < 1.29 is 9.47 Å². The Bertz CT molecular complexity index is 926. The molecule has 0 saturated carbocycles. The maximum Gasteiger partial charge on any atom is 0.221 e. The molecule has 2 bridgehead atoms. The summed E-state index contributed by atoms with van der Waals surface area (Å²) in [5, 5.41) is 13.3. The van der Waals surface area contributed by atoms with E-state index in [-0.39, 0.29) is 17.3 Å². The van der Waals surface area contributed by atoms with E-state index in [1.807, 2.05) is 12.1 Å². The summed E-state index contributed by atoms with van der Waals surface area (Å²) in [6.45, 7) is 0.414. The first-order chi connectivity index (χ1) is 12.5. The van der Waals surface area contributed by atoms with Crippen molar-refractivity contribution in [3.05, 3.63) is 34.1 Å². The van der Waals surface area contributed by atoms with Crippen LogP contribution in [0.15, 0.2) is 29.4 Å². The van der Waals surface area contributed by atoms with Crippen LogP contribution in [0.25, 0.3) is 5.69 Å². The topological polar surface area (TPSA) is 105 Å². The van der Waals surface area contributed by atoms with E-state index in [1.165, 1.54) is 0 Å². The predicted octanol–water partition coefficient (Wildman–Crippen LogP) is 1.33. The van der Waals surface area contributed by atoms with E-state index >= 15 is 0 Å². The first kappa shape index (κ1) is 17.5. The summed E-state index contributed by atoms with van der Waals surface area (Å²) < 4.78 is 15.1. The highest BCUT2D eigenvalue weighted by molar-refractivity contribution is 7.80. The Labute approximate surface area is 163 Å². The van der Waals surface area contributed by atoms with E-state index in [2.05, 4.69) is 21.0 Å². The van der Waals surface area contributed by atoms with Gasteiger partial charge < -0.3 is 15.2 Å². The third-order valence-electron chi connectivity index (χ3n) is 4.13. The lowest BCUT2D eigenvalue weighted by Crippen LogP contribution is -2.39. The highest BCUT2D eigenvalue weighted by Gasteiger charge is 2.44. The number of thiocarbonyl (C=S) groups is 1. The molecule has 26 heavy (non-hydrogen) atoms. The molecule has 0 amide bonds. The monoisotopic (exact) mass is 411 g/mol. The minimum Gasteiger partial charge on any atom is -0.375 e. The van der Waals surface area contributed by atoms with Crippen LogP contribution >= 0.6 is 36.0 Å². The van der Waals surface area contributed by atoms with Gasteiger partial charge in [0.1, 0.15) is 6.10 Å². The second kappa shape index (κ2) is 7.00. The van der Waals surface area contributed by atoms with Gasteiger partial charge in [-0.3, -0.25) is 5.43 Å². The van der Waals surface area contributed by atoms with E-state index in [4.69, 9.17) is 51.2 Å². The molecule has 0 spiro atoms. The highest BCUT2D eigenvalue weighted by Crippen LogP contribution is 2.33. The number of tetrazole rings is 1. The van der Waals surface area contributed by atoms with Crippen molar-refractivity contribution in [1.29, 1.82) is 0 Å². The largest absolute Gasteiger partial charge is 0.375 e. The number of nitrogens with one attached hydrogen (secondary N) is 1. The number of benzene rings is 1. The number of nitrogens with zero attached hydrogens (tertiary/aromatic N) is 5. The number of halogens is 1. The molecule has 2 aliphatic heterocycles. The minimum absolute atomic E-state index is 0.0689. The Morgan fingerprint density at radius 2 is 2.12 bits per heavy atom. The SMILES string of the molecule is NC(=S)NN=C1CC(n2nnn(-c3ccc(Cl)cc3)c2=S)C2COC1O2. The van der Waals surface area contributed by atoms with Crippen molar-refractivity contribution in [1.82, 2.24) is 25.2 Å². The Balaban J connectivity index is 1.65. The first-order valence-electron chi connectivity index (χ1n) is 7.72. The van der Waals surface area contributed by atoms with E-state index in [1.54, 1.807) is 21.5 Å². The Morgan fingerprint density at radius 1 is 1.35 bits per heavy atom. The summed E-state index contributed by atoms with van der Waals surface area (Å²) in [6, 6.07) is 6.98. The molecule has 2 aromatic rings. The van der Waals surface area contributed by atoms with Crippen LogP contribution in [0.2, 0.25) is 5.02 Å². The van der Waals surface area contributed by atoms with E-state index in [0.717, 1.165) is 5.69 Å². The van der Waals surface area contributed by atoms with Gasteiger partial charge in [0.05, 0.1) is 24.0 Å². The number of hydrogen-bond donors (Lipinski definition) is 2. The summed E-state index contributed by atoms with van der Waals surface area (Å²) in [5.41, 5.74) is 9.41. The zero-order valence-corrected chi connectivity index (χ0v) is 15.7. The minimum atomic E-state index is -0.515. The molecule has 12 heteroatoms. The lowest BCUT2D eigenvalue weighted by Gasteiger charge is -2.27. The molecule has 3 N–H and O–H groups in total. The molecule has 0 radical (unpaired) electrons. The Kier molecular flexibility index (Phi) is 4.71. The van der Waals surface area contributed by atoms with Gasteiger partial charge in [0, 0.05) is 11.4 Å². The van der Waals surface area contributed by atoms with Crippen LogP contribution in [-0.2, 0) is 9.47 Å². The van der Waals surface area contributed by atoms with Crippen molar-refractivity contribution in [3.63, 3.8) is 0 Å². The van der Waals surface area contributed by atoms with Crippen LogP contribution < -0.4 is 11.2 Å². The lowest BCUT2D eigenvalue weighted by atomic mass is 10.0. The van der Waals surface area contributed by atoms with Gasteiger partial charge in [-0.2, -0.15) is 9.78 Å². The third-order valence-corrected chi connectivity index (χ3v) is 4.83. The number of aromatic nitrogens is 4. The van der Waals surface area contributed by atoms with Crippen LogP contribution in [0.5, 0.6) is 0 Å². The van der Waals surface area contributed by atoms with Gasteiger partial charge in [-0.15, -0.1) is 0 Å². The highest BCUT2D eigenvalue weighted by atomic mass is 35.5. The van der Waals surface area contributed by atoms with Crippen molar-refractivity contribution in [2.24, 2.45) is 10.8 Å². The summed E-state index contributed by atoms with van der Waals surface area (Å²) in [7, 11) is 0. The third kappa shape index (κ3) is 3.23. The van der Waals surface area contributed by atoms with Crippen LogP contribution in [0, 0.1) is 4.77 Å². The standard InChI is InChI=1S/C14H14ClN7O2S2/c15-7-1-3-8(4-2-7)21-14(26)22(20-19-21)10-5-9(17-18-13(16)25)12-23-6-11(10)24-12/h1-4,10-12H,5-6H2,(H3,16,18,25). The molecule has 2 saturated heterocycles. The number of ether oxygens (including phenoxy) is 2. The molecule has 3 heterocycles. The Morgan fingerprint density at radius 3 is 2.85 bits per heavy atom. The molecule has 2 aliphatic rings. The summed E-state index contributed by atoms with van der Waals surface area (Å²) in [5.74, 6) is 0. The zero-order valence-electron chi connectivity index (χ0n) is 13.3. The summed E-state index contributed by atoms with van der Waals surface area (Å²) in [6.07, 6.45) is -0.178. The number of hydrazone groups is 1. The van der Waals surface area contributed by atoms with Crippen molar-refractivity contribution in [3.8, 4) is 5.69 Å². The average molecular weight is 412 g/mol. The molecular weight excluding hydrogens is 398 g/mol. The summed E-state index contributed by atoms with van der Waals surface area (Å²) >= 11 is 16.3. The smallest absolute Gasteiger partial charge is 0.221 e. The maximum atomic E-state index is 5.93. The number of fused-ring (bicyclic) bond motifs is 2. The number of rotatable bonds is 3. The predicted molar refractivity (Wildman–Crippen MR) is 101 cm³/mol. The van der Waals surface area contributed by atoms with Crippen molar-refractivity contribution in [2.45, 2.75) is 24.9 Å². The van der Waals surface area contributed by atoms with Crippen LogP contribution in [0.3, 0.4) is 0 Å². The zero-order chi connectivity index (χ0) is 18.3. The number of hydrogen-bond acceptors (Lipinski definition) is 7. The van der Waals surface area contributed by atoms with Crippen LogP contribution in [-0.4, -0.2) is 49.6 Å². The van der Waals surface area contributed by atoms with E-state index < -0.39 is 6.29 Å². The van der Waals surface area contributed by atoms with Crippen LogP contribution in [0.1, 0.15) is 12.5 Å². The van der Waals surface area contributed by atoms with Crippen molar-refractivity contribution in [2.75, 3.05) is 6.61 Å². The van der Waals surface area contributed by atoms with Gasteiger partial charge >= 0.3 is 0 Å². The molecule has 2 fully saturated rings. The fourth-order valence-electron chi connectivity index (χ4n) is 2.92. The molecule has 3 unspecified atom stereocenters. The average Bonchev–Trinajstić information content (AvgIpc) is 3.20.